The Kier molecular flexibility index (Phi) is 4.58. The Balaban J connectivity index is 1.66. The number of fused-ring (bicyclic) bond motifs is 1. The van der Waals surface area contributed by atoms with E-state index in [4.69, 9.17) is 4.42 Å². The number of benzene rings is 1. The Bertz CT molecular complexity index is 804. The molecule has 0 radical (unpaired) electrons. The van der Waals surface area contributed by atoms with Crippen LogP contribution in [0.3, 0.4) is 0 Å². The molecule has 1 aromatic carbocycles. The SMILES string of the molecule is CN(Cc1nc2ccccc2s1)C(=O)/C=C/c1ccc(I)o1. The minimum absolute atomic E-state index is 0.0781. The molecule has 22 heavy (non-hydrogen) atoms. The van der Waals surface area contributed by atoms with Crippen LogP contribution in [0.25, 0.3) is 16.3 Å². The van der Waals surface area contributed by atoms with Crippen LogP contribution in [-0.4, -0.2) is 22.8 Å². The zero-order valence-electron chi connectivity index (χ0n) is 11.8. The number of aromatic nitrogens is 1. The molecule has 0 aliphatic rings. The van der Waals surface area contributed by atoms with E-state index < -0.39 is 0 Å². The first-order chi connectivity index (χ1) is 10.6. The van der Waals surface area contributed by atoms with Gasteiger partial charge in [-0.2, -0.15) is 0 Å². The van der Waals surface area contributed by atoms with Crippen LogP contribution in [-0.2, 0) is 11.3 Å². The first-order valence-electron chi connectivity index (χ1n) is 6.65. The highest BCUT2D eigenvalue weighted by Gasteiger charge is 2.10. The summed E-state index contributed by atoms with van der Waals surface area (Å²) in [7, 11) is 1.77. The fourth-order valence-electron chi connectivity index (χ4n) is 1.97. The van der Waals surface area contributed by atoms with Gasteiger partial charge in [0.15, 0.2) is 3.77 Å². The third-order valence-electron chi connectivity index (χ3n) is 3.07. The largest absolute Gasteiger partial charge is 0.451 e. The molecule has 2 aromatic heterocycles. The summed E-state index contributed by atoms with van der Waals surface area (Å²) >= 11 is 3.70. The van der Waals surface area contributed by atoms with E-state index in [0.29, 0.717) is 12.3 Å². The van der Waals surface area contributed by atoms with Crippen LogP contribution >= 0.6 is 33.9 Å². The Hall–Kier alpha value is -1.67. The summed E-state index contributed by atoms with van der Waals surface area (Å²) in [6, 6.07) is 11.7. The van der Waals surface area contributed by atoms with Crippen LogP contribution < -0.4 is 0 Å². The number of halogens is 1. The zero-order chi connectivity index (χ0) is 15.5. The van der Waals surface area contributed by atoms with Gasteiger partial charge in [0.25, 0.3) is 0 Å². The van der Waals surface area contributed by atoms with Gasteiger partial charge >= 0.3 is 0 Å². The summed E-state index contributed by atoms with van der Waals surface area (Å²) in [6.07, 6.45) is 3.20. The van der Waals surface area contributed by atoms with Crippen molar-refractivity contribution in [1.82, 2.24) is 9.88 Å². The predicted molar refractivity (Wildman–Crippen MR) is 96.6 cm³/mol. The molecule has 0 fully saturated rings. The molecule has 1 amide bonds. The van der Waals surface area contributed by atoms with E-state index in [-0.39, 0.29) is 5.91 Å². The van der Waals surface area contributed by atoms with Crippen LogP contribution in [0.15, 0.2) is 46.9 Å². The van der Waals surface area contributed by atoms with Crippen molar-refractivity contribution < 1.29 is 9.21 Å². The summed E-state index contributed by atoms with van der Waals surface area (Å²) < 4.78 is 7.33. The van der Waals surface area contributed by atoms with Gasteiger partial charge in [0.1, 0.15) is 10.8 Å². The highest BCUT2D eigenvalue weighted by molar-refractivity contribution is 14.1. The lowest BCUT2D eigenvalue weighted by Gasteiger charge is -2.12. The van der Waals surface area contributed by atoms with Crippen molar-refractivity contribution in [2.24, 2.45) is 0 Å². The number of carbonyl (C=O) groups excluding carboxylic acids is 1. The molecule has 0 unspecified atom stereocenters. The molecule has 0 aliphatic heterocycles. The summed E-state index contributed by atoms with van der Waals surface area (Å²) in [6.45, 7) is 0.498. The molecule has 0 aliphatic carbocycles. The first kappa shape index (κ1) is 15.2. The second-order valence-electron chi connectivity index (χ2n) is 4.74. The average Bonchev–Trinajstić information content (AvgIpc) is 3.09. The lowest BCUT2D eigenvalue weighted by atomic mass is 10.3. The van der Waals surface area contributed by atoms with Crippen LogP contribution in [0.2, 0.25) is 0 Å². The molecule has 3 aromatic rings. The van der Waals surface area contributed by atoms with Gasteiger partial charge in [-0.3, -0.25) is 4.79 Å². The highest BCUT2D eigenvalue weighted by atomic mass is 127. The number of nitrogens with zero attached hydrogens (tertiary/aromatic N) is 2. The van der Waals surface area contributed by atoms with Crippen molar-refractivity contribution in [3.8, 4) is 0 Å². The molecule has 6 heteroatoms. The number of likely N-dealkylation sites (N-methyl/N-ethyl adjacent to an activating group) is 1. The van der Waals surface area contributed by atoms with Crippen LogP contribution in [0.4, 0.5) is 0 Å². The summed E-state index contributed by atoms with van der Waals surface area (Å²) in [5.41, 5.74) is 0.976. The fourth-order valence-corrected chi connectivity index (χ4v) is 3.42. The monoisotopic (exact) mass is 424 g/mol. The first-order valence-corrected chi connectivity index (χ1v) is 8.54. The van der Waals surface area contributed by atoms with Gasteiger partial charge in [-0.15, -0.1) is 11.3 Å². The predicted octanol–water partition coefficient (Wildman–Crippen LogP) is 4.17. The van der Waals surface area contributed by atoms with Gasteiger partial charge in [-0.25, -0.2) is 4.98 Å². The lowest BCUT2D eigenvalue weighted by Crippen LogP contribution is -2.23. The van der Waals surface area contributed by atoms with Crippen molar-refractivity contribution >= 4 is 56.1 Å². The van der Waals surface area contributed by atoms with Crippen LogP contribution in [0, 0.1) is 3.77 Å². The minimum atomic E-state index is -0.0781. The van der Waals surface area contributed by atoms with Gasteiger partial charge in [0, 0.05) is 13.1 Å². The van der Waals surface area contributed by atoms with Crippen LogP contribution in [0.1, 0.15) is 10.8 Å². The second kappa shape index (κ2) is 6.62. The zero-order valence-corrected chi connectivity index (χ0v) is 14.8. The standard InChI is InChI=1S/C16H13IN2O2S/c1-19(16(20)9-7-11-6-8-14(17)21-11)10-15-18-12-4-2-3-5-13(12)22-15/h2-9H,10H2,1H3/b9-7+. The highest BCUT2D eigenvalue weighted by Crippen LogP contribution is 2.22. The van der Waals surface area contributed by atoms with E-state index in [0.717, 1.165) is 19.0 Å². The molecular formula is C16H13IN2O2S. The number of para-hydroxylation sites is 1. The number of hydrogen-bond acceptors (Lipinski definition) is 4. The van der Waals surface area contributed by atoms with Gasteiger partial charge in [-0.05, 0) is 52.9 Å². The maximum absolute atomic E-state index is 12.1. The lowest BCUT2D eigenvalue weighted by molar-refractivity contribution is -0.125. The number of carbonyl (C=O) groups is 1. The Morgan fingerprint density at radius 1 is 1.36 bits per heavy atom. The molecular weight excluding hydrogens is 411 g/mol. The molecule has 0 saturated carbocycles. The third kappa shape index (κ3) is 3.56. The van der Waals surface area contributed by atoms with Crippen LogP contribution in [0.5, 0.6) is 0 Å². The van der Waals surface area contributed by atoms with Crippen molar-refractivity contribution in [3.63, 3.8) is 0 Å². The Morgan fingerprint density at radius 2 is 2.18 bits per heavy atom. The van der Waals surface area contributed by atoms with Crippen molar-refractivity contribution in [1.29, 1.82) is 0 Å². The van der Waals surface area contributed by atoms with Gasteiger partial charge in [0.2, 0.25) is 5.91 Å². The van der Waals surface area contributed by atoms with E-state index >= 15 is 0 Å². The second-order valence-corrected chi connectivity index (χ2v) is 6.92. The van der Waals surface area contributed by atoms with E-state index in [1.165, 1.54) is 6.08 Å². The minimum Gasteiger partial charge on any atom is -0.451 e. The Labute approximate surface area is 145 Å². The fraction of sp³-hybridized carbons (Fsp3) is 0.125. The summed E-state index contributed by atoms with van der Waals surface area (Å²) in [5.74, 6) is 0.594. The van der Waals surface area contributed by atoms with Gasteiger partial charge < -0.3 is 9.32 Å². The maximum Gasteiger partial charge on any atom is 0.246 e. The normalized spacial score (nSPS) is 11.4. The number of amides is 1. The van der Waals surface area contributed by atoms with Gasteiger partial charge in [0.05, 0.1) is 16.8 Å². The van der Waals surface area contributed by atoms with E-state index in [1.54, 1.807) is 29.4 Å². The summed E-state index contributed by atoms with van der Waals surface area (Å²) in [4.78, 5) is 18.3. The summed E-state index contributed by atoms with van der Waals surface area (Å²) in [5, 5.41) is 0.929. The number of hydrogen-bond donors (Lipinski definition) is 0. The quantitative estimate of drug-likeness (QED) is 0.467. The molecule has 2 heterocycles. The molecule has 0 bridgehead atoms. The smallest absolute Gasteiger partial charge is 0.246 e. The van der Waals surface area contributed by atoms with Crippen molar-refractivity contribution in [2.75, 3.05) is 7.05 Å². The molecule has 112 valence electrons. The number of furan rings is 1. The van der Waals surface area contributed by atoms with Crippen molar-refractivity contribution in [2.45, 2.75) is 6.54 Å². The van der Waals surface area contributed by atoms with E-state index in [9.17, 15) is 4.79 Å². The average molecular weight is 424 g/mol. The Morgan fingerprint density at radius 3 is 2.91 bits per heavy atom. The van der Waals surface area contributed by atoms with Gasteiger partial charge in [-0.1, -0.05) is 12.1 Å². The topological polar surface area (TPSA) is 46.3 Å². The molecule has 4 nitrogen and oxygen atoms in total. The van der Waals surface area contributed by atoms with Crippen molar-refractivity contribution in [3.05, 3.63) is 57.0 Å². The number of thiazole rings is 1. The maximum atomic E-state index is 12.1. The molecule has 3 rings (SSSR count). The van der Waals surface area contributed by atoms with E-state index in [1.807, 2.05) is 36.4 Å². The number of rotatable bonds is 4. The molecule has 0 spiro atoms. The van der Waals surface area contributed by atoms with E-state index in [2.05, 4.69) is 27.6 Å². The molecule has 0 saturated heterocycles. The molecule has 0 N–H and O–H groups in total. The molecule has 0 atom stereocenters. The third-order valence-corrected chi connectivity index (χ3v) is 4.67.